The summed E-state index contributed by atoms with van der Waals surface area (Å²) in [6, 6.07) is 20.3. The molecule has 3 unspecified atom stereocenters. The molecule has 1 N–H and O–H groups in total. The van der Waals surface area contributed by atoms with Crippen LogP contribution in [0.25, 0.3) is 0 Å². The van der Waals surface area contributed by atoms with Gasteiger partial charge in [-0.1, -0.05) is 80.6 Å². The molecular weight excluding hydrogens is 394 g/mol. The van der Waals surface area contributed by atoms with Gasteiger partial charge in [-0.15, -0.1) is 0 Å². The minimum absolute atomic E-state index is 0.00440. The van der Waals surface area contributed by atoms with Crippen molar-refractivity contribution in [2.24, 2.45) is 27.7 Å². The van der Waals surface area contributed by atoms with E-state index in [-0.39, 0.29) is 17.6 Å². The molecule has 0 bridgehead atoms. The van der Waals surface area contributed by atoms with Crippen molar-refractivity contribution in [2.75, 3.05) is 13.1 Å². The molecule has 4 heteroatoms. The average Bonchev–Trinajstić information content (AvgIpc) is 3.15. The Balaban J connectivity index is 1.71. The maximum atomic E-state index is 13.4. The van der Waals surface area contributed by atoms with Crippen molar-refractivity contribution in [3.05, 3.63) is 95.8 Å². The Bertz CT molecular complexity index is 1010. The summed E-state index contributed by atoms with van der Waals surface area (Å²) in [6.45, 7) is 6.14. The standard InChI is InChI=1S/C28H31N3O/c1-20-13-14-25(28(32)24-15-16-29-19-21(2)17-24)30-26(18-20)31-27(22-9-5-3-6-10-22)23-11-7-4-8-12-23/h3-14,18,20-21,24,29H,15-17,19H2,1-2H3. The number of allylic oxidation sites excluding steroid dienone is 3. The third-order valence-electron chi connectivity index (χ3n) is 6.00. The first-order valence-electron chi connectivity index (χ1n) is 11.5. The normalized spacial score (nSPS) is 23.4. The van der Waals surface area contributed by atoms with Crippen molar-refractivity contribution in [2.45, 2.75) is 26.7 Å². The van der Waals surface area contributed by atoms with Gasteiger partial charge in [0.2, 0.25) is 0 Å². The Labute approximate surface area is 190 Å². The number of nitrogens with zero attached hydrogens (tertiary/aromatic N) is 2. The monoisotopic (exact) mass is 425 g/mol. The topological polar surface area (TPSA) is 53.8 Å². The maximum Gasteiger partial charge on any atom is 0.184 e. The molecule has 0 saturated carbocycles. The molecule has 0 aromatic heterocycles. The molecule has 2 aromatic rings. The number of rotatable bonds is 5. The zero-order valence-electron chi connectivity index (χ0n) is 18.9. The lowest BCUT2D eigenvalue weighted by Gasteiger charge is -2.15. The molecule has 0 aliphatic carbocycles. The summed E-state index contributed by atoms with van der Waals surface area (Å²) >= 11 is 0. The van der Waals surface area contributed by atoms with E-state index in [2.05, 4.69) is 43.4 Å². The first kappa shape index (κ1) is 22.1. The molecule has 4 nitrogen and oxygen atoms in total. The number of hydrogen-bond acceptors (Lipinski definition) is 4. The van der Waals surface area contributed by atoms with Crippen LogP contribution in [0.15, 0.2) is 94.7 Å². The molecule has 0 amide bonds. The number of ketones is 1. The number of hydrogen-bond donors (Lipinski definition) is 1. The Morgan fingerprint density at radius 3 is 2.31 bits per heavy atom. The lowest BCUT2D eigenvalue weighted by molar-refractivity contribution is -0.116. The molecule has 2 heterocycles. The molecule has 2 aromatic carbocycles. The second-order valence-electron chi connectivity index (χ2n) is 8.83. The van der Waals surface area contributed by atoms with Crippen molar-refractivity contribution < 1.29 is 4.79 Å². The van der Waals surface area contributed by atoms with E-state index in [1.165, 1.54) is 0 Å². The van der Waals surface area contributed by atoms with Gasteiger partial charge in [-0.05, 0) is 49.9 Å². The third-order valence-corrected chi connectivity index (χ3v) is 6.00. The first-order valence-corrected chi connectivity index (χ1v) is 11.5. The van der Waals surface area contributed by atoms with Crippen molar-refractivity contribution in [3.63, 3.8) is 0 Å². The summed E-state index contributed by atoms with van der Waals surface area (Å²) < 4.78 is 0. The van der Waals surface area contributed by atoms with Crippen LogP contribution in [0.2, 0.25) is 0 Å². The molecule has 3 atom stereocenters. The zero-order valence-corrected chi connectivity index (χ0v) is 18.9. The fourth-order valence-electron chi connectivity index (χ4n) is 4.29. The van der Waals surface area contributed by atoms with Crippen molar-refractivity contribution in [3.8, 4) is 0 Å². The first-order chi connectivity index (χ1) is 15.6. The average molecular weight is 426 g/mol. The van der Waals surface area contributed by atoms with E-state index in [0.29, 0.717) is 17.5 Å². The minimum Gasteiger partial charge on any atom is -0.316 e. The van der Waals surface area contributed by atoms with Gasteiger partial charge < -0.3 is 5.32 Å². The Morgan fingerprint density at radius 2 is 1.66 bits per heavy atom. The van der Waals surface area contributed by atoms with E-state index < -0.39 is 0 Å². The lowest BCUT2D eigenvalue weighted by Crippen LogP contribution is -2.24. The smallest absolute Gasteiger partial charge is 0.184 e. The number of carbonyl (C=O) groups is 1. The summed E-state index contributed by atoms with van der Waals surface area (Å²) in [4.78, 5) is 23.2. The molecule has 2 aliphatic heterocycles. The van der Waals surface area contributed by atoms with E-state index in [4.69, 9.17) is 9.98 Å². The van der Waals surface area contributed by atoms with Crippen LogP contribution in [0.1, 0.15) is 37.8 Å². The Kier molecular flexibility index (Phi) is 7.23. The summed E-state index contributed by atoms with van der Waals surface area (Å²) in [7, 11) is 0. The van der Waals surface area contributed by atoms with E-state index in [1.807, 2.05) is 54.6 Å². The summed E-state index contributed by atoms with van der Waals surface area (Å²) in [5.41, 5.74) is 3.42. The van der Waals surface area contributed by atoms with Gasteiger partial charge in [-0.25, -0.2) is 9.98 Å². The molecule has 32 heavy (non-hydrogen) atoms. The summed E-state index contributed by atoms with van der Waals surface area (Å²) in [5.74, 6) is 1.35. The molecule has 1 saturated heterocycles. The van der Waals surface area contributed by atoms with Crippen LogP contribution in [-0.4, -0.2) is 30.3 Å². The lowest BCUT2D eigenvalue weighted by atomic mass is 9.89. The van der Waals surface area contributed by atoms with E-state index in [9.17, 15) is 4.79 Å². The van der Waals surface area contributed by atoms with Crippen molar-refractivity contribution >= 4 is 17.2 Å². The third kappa shape index (κ3) is 5.57. The van der Waals surface area contributed by atoms with Gasteiger partial charge in [-0.2, -0.15) is 0 Å². The van der Waals surface area contributed by atoms with Gasteiger partial charge in [0.25, 0.3) is 0 Å². The van der Waals surface area contributed by atoms with Gasteiger partial charge >= 0.3 is 0 Å². The highest BCUT2D eigenvalue weighted by Crippen LogP contribution is 2.23. The van der Waals surface area contributed by atoms with Crippen molar-refractivity contribution in [1.29, 1.82) is 0 Å². The number of carbonyl (C=O) groups excluding carboxylic acids is 1. The van der Waals surface area contributed by atoms with Gasteiger partial charge in [0, 0.05) is 17.0 Å². The van der Waals surface area contributed by atoms with Crippen LogP contribution in [0.5, 0.6) is 0 Å². The molecular formula is C28H31N3O. The fourth-order valence-corrected chi connectivity index (χ4v) is 4.29. The number of Topliss-reactive ketones (excluding diaryl/α,β-unsaturated/α-hetero) is 1. The van der Waals surface area contributed by atoms with Crippen LogP contribution >= 0.6 is 0 Å². The Hall–Kier alpha value is -3.11. The second-order valence-corrected chi connectivity index (χ2v) is 8.83. The molecule has 2 aliphatic rings. The number of nitrogens with one attached hydrogen (secondary N) is 1. The molecule has 1 fully saturated rings. The van der Waals surface area contributed by atoms with Gasteiger partial charge in [-0.3, -0.25) is 4.79 Å². The fraction of sp³-hybridized carbons (Fsp3) is 0.321. The van der Waals surface area contributed by atoms with E-state index in [1.54, 1.807) is 0 Å². The highest BCUT2D eigenvalue weighted by molar-refractivity contribution is 6.45. The predicted molar refractivity (Wildman–Crippen MR) is 132 cm³/mol. The molecule has 164 valence electrons. The highest BCUT2D eigenvalue weighted by Gasteiger charge is 2.26. The van der Waals surface area contributed by atoms with Crippen LogP contribution in [0.4, 0.5) is 0 Å². The van der Waals surface area contributed by atoms with Crippen LogP contribution < -0.4 is 5.32 Å². The van der Waals surface area contributed by atoms with Gasteiger partial charge in [0.15, 0.2) is 5.78 Å². The van der Waals surface area contributed by atoms with E-state index >= 15 is 0 Å². The second kappa shape index (κ2) is 10.5. The number of aliphatic imine (C=N–C) groups is 2. The predicted octanol–water partition coefficient (Wildman–Crippen LogP) is 5.22. The minimum atomic E-state index is 0.00440. The summed E-state index contributed by atoms with van der Waals surface area (Å²) in [6.07, 6.45) is 7.71. The van der Waals surface area contributed by atoms with Crippen LogP contribution in [0, 0.1) is 17.8 Å². The van der Waals surface area contributed by atoms with Crippen LogP contribution in [0.3, 0.4) is 0 Å². The zero-order chi connectivity index (χ0) is 22.3. The summed E-state index contributed by atoms with van der Waals surface area (Å²) in [5, 5.41) is 3.43. The molecule has 4 rings (SSSR count). The SMILES string of the molecule is CC1C=CC(C(=O)C2CCNCC(C)C2)=NC(N=C(c2ccccc2)c2ccccc2)=C1. The van der Waals surface area contributed by atoms with Gasteiger partial charge in [0.1, 0.15) is 11.5 Å². The molecule has 0 radical (unpaired) electrons. The van der Waals surface area contributed by atoms with Crippen molar-refractivity contribution in [1.82, 2.24) is 5.32 Å². The van der Waals surface area contributed by atoms with Gasteiger partial charge in [0.05, 0.1) is 5.71 Å². The van der Waals surface area contributed by atoms with Crippen LogP contribution in [-0.2, 0) is 4.79 Å². The molecule has 0 spiro atoms. The largest absolute Gasteiger partial charge is 0.316 e. The highest BCUT2D eigenvalue weighted by atomic mass is 16.1. The Morgan fingerprint density at radius 1 is 1.00 bits per heavy atom. The van der Waals surface area contributed by atoms with E-state index in [0.717, 1.165) is 42.8 Å². The maximum absolute atomic E-state index is 13.4. The quantitative estimate of drug-likeness (QED) is 0.668. The number of benzene rings is 2.